The second-order valence-corrected chi connectivity index (χ2v) is 5.23. The first-order chi connectivity index (χ1) is 9.79. The van der Waals surface area contributed by atoms with Gasteiger partial charge < -0.3 is 5.32 Å². The van der Waals surface area contributed by atoms with Gasteiger partial charge in [0.25, 0.3) is 0 Å². The summed E-state index contributed by atoms with van der Waals surface area (Å²) in [6, 6.07) is 11.2. The number of nitrogens with one attached hydrogen (secondary N) is 1. The summed E-state index contributed by atoms with van der Waals surface area (Å²) in [5.41, 5.74) is 3.53. The number of anilines is 1. The summed E-state index contributed by atoms with van der Waals surface area (Å²) in [5.74, 6) is 0. The standard InChI is InChI=1S/C17H18F3N/c1-11-5-4-6-16(12(11)2)21-13(3)14-7-9-15(10-8-14)17(18,19)20/h4-10,13,21H,1-3H3. The van der Waals surface area contributed by atoms with Crippen LogP contribution < -0.4 is 5.32 Å². The van der Waals surface area contributed by atoms with Gasteiger partial charge in [-0.25, -0.2) is 0 Å². The van der Waals surface area contributed by atoms with Gasteiger partial charge in [-0.1, -0.05) is 24.3 Å². The smallest absolute Gasteiger partial charge is 0.378 e. The molecule has 0 aliphatic carbocycles. The highest BCUT2D eigenvalue weighted by atomic mass is 19.4. The zero-order valence-corrected chi connectivity index (χ0v) is 12.3. The Morgan fingerprint density at radius 2 is 1.57 bits per heavy atom. The molecule has 0 heterocycles. The van der Waals surface area contributed by atoms with Crippen LogP contribution in [0.2, 0.25) is 0 Å². The summed E-state index contributed by atoms with van der Waals surface area (Å²) in [5, 5.41) is 3.34. The predicted octanol–water partition coefficient (Wildman–Crippen LogP) is 5.50. The molecule has 0 saturated heterocycles. The van der Waals surface area contributed by atoms with Crippen LogP contribution in [0.5, 0.6) is 0 Å². The molecule has 2 aromatic rings. The maximum atomic E-state index is 12.5. The molecule has 0 fully saturated rings. The maximum Gasteiger partial charge on any atom is 0.416 e. The van der Waals surface area contributed by atoms with E-state index in [9.17, 15) is 13.2 Å². The number of benzene rings is 2. The van der Waals surface area contributed by atoms with E-state index in [-0.39, 0.29) is 6.04 Å². The molecule has 4 heteroatoms. The second-order valence-electron chi connectivity index (χ2n) is 5.23. The van der Waals surface area contributed by atoms with Gasteiger partial charge >= 0.3 is 6.18 Å². The highest BCUT2D eigenvalue weighted by Crippen LogP contribution is 2.30. The van der Waals surface area contributed by atoms with Crippen LogP contribution in [0.4, 0.5) is 18.9 Å². The molecule has 0 amide bonds. The van der Waals surface area contributed by atoms with Crippen LogP contribution in [0.25, 0.3) is 0 Å². The molecule has 0 aliphatic heterocycles. The summed E-state index contributed by atoms with van der Waals surface area (Å²) in [6.45, 7) is 5.99. The number of hydrogen-bond donors (Lipinski definition) is 1. The number of rotatable bonds is 3. The van der Waals surface area contributed by atoms with Gasteiger partial charge in [-0.15, -0.1) is 0 Å². The summed E-state index contributed by atoms with van der Waals surface area (Å²) in [7, 11) is 0. The molecule has 21 heavy (non-hydrogen) atoms. The van der Waals surface area contributed by atoms with Crippen molar-refractivity contribution < 1.29 is 13.2 Å². The van der Waals surface area contributed by atoms with Gasteiger partial charge in [-0.2, -0.15) is 13.2 Å². The highest BCUT2D eigenvalue weighted by Gasteiger charge is 2.30. The lowest BCUT2D eigenvalue weighted by Crippen LogP contribution is -2.09. The molecule has 1 nitrogen and oxygen atoms in total. The molecule has 0 spiro atoms. The molecule has 2 rings (SSSR count). The largest absolute Gasteiger partial charge is 0.416 e. The molecule has 1 unspecified atom stereocenters. The third-order valence-corrected chi connectivity index (χ3v) is 3.71. The monoisotopic (exact) mass is 293 g/mol. The minimum absolute atomic E-state index is 0.0622. The van der Waals surface area contributed by atoms with Crippen molar-refractivity contribution in [3.05, 3.63) is 64.7 Å². The van der Waals surface area contributed by atoms with Crippen molar-refractivity contribution in [2.24, 2.45) is 0 Å². The van der Waals surface area contributed by atoms with Gasteiger partial charge in [0, 0.05) is 11.7 Å². The van der Waals surface area contributed by atoms with E-state index in [4.69, 9.17) is 0 Å². The Kier molecular flexibility index (Phi) is 4.26. The van der Waals surface area contributed by atoms with Crippen LogP contribution in [0.15, 0.2) is 42.5 Å². The lowest BCUT2D eigenvalue weighted by atomic mass is 10.0. The highest BCUT2D eigenvalue weighted by molar-refractivity contribution is 5.55. The fourth-order valence-corrected chi connectivity index (χ4v) is 2.18. The van der Waals surface area contributed by atoms with E-state index >= 15 is 0 Å². The lowest BCUT2D eigenvalue weighted by Gasteiger charge is -2.19. The molecule has 0 aliphatic rings. The van der Waals surface area contributed by atoms with E-state index in [0.717, 1.165) is 28.9 Å². The van der Waals surface area contributed by atoms with Crippen molar-refractivity contribution in [1.29, 1.82) is 0 Å². The first-order valence-electron chi connectivity index (χ1n) is 6.79. The number of aryl methyl sites for hydroxylation is 1. The van der Waals surface area contributed by atoms with Crippen LogP contribution in [-0.4, -0.2) is 0 Å². The zero-order chi connectivity index (χ0) is 15.6. The van der Waals surface area contributed by atoms with Crippen molar-refractivity contribution >= 4 is 5.69 Å². The van der Waals surface area contributed by atoms with Gasteiger partial charge in [0.05, 0.1) is 5.56 Å². The third-order valence-electron chi connectivity index (χ3n) is 3.71. The Morgan fingerprint density at radius 1 is 0.952 bits per heavy atom. The molecule has 0 saturated carbocycles. The maximum absolute atomic E-state index is 12.5. The Morgan fingerprint density at radius 3 is 2.14 bits per heavy atom. The van der Waals surface area contributed by atoms with Crippen molar-refractivity contribution in [3.63, 3.8) is 0 Å². The third kappa shape index (κ3) is 3.57. The Balaban J connectivity index is 2.17. The zero-order valence-electron chi connectivity index (χ0n) is 12.3. The molecule has 0 radical (unpaired) electrons. The molecular weight excluding hydrogens is 275 g/mol. The van der Waals surface area contributed by atoms with E-state index < -0.39 is 11.7 Å². The van der Waals surface area contributed by atoms with Crippen molar-refractivity contribution in [1.82, 2.24) is 0 Å². The van der Waals surface area contributed by atoms with E-state index in [1.165, 1.54) is 17.7 Å². The summed E-state index contributed by atoms with van der Waals surface area (Å²) < 4.78 is 37.6. The second kappa shape index (κ2) is 5.80. The molecule has 1 N–H and O–H groups in total. The van der Waals surface area contributed by atoms with Gasteiger partial charge in [0.1, 0.15) is 0 Å². The molecule has 0 aromatic heterocycles. The number of hydrogen-bond acceptors (Lipinski definition) is 1. The van der Waals surface area contributed by atoms with E-state index in [0.29, 0.717) is 0 Å². The van der Waals surface area contributed by atoms with Gasteiger partial charge in [-0.3, -0.25) is 0 Å². The lowest BCUT2D eigenvalue weighted by molar-refractivity contribution is -0.137. The van der Waals surface area contributed by atoms with Gasteiger partial charge in [0.2, 0.25) is 0 Å². The molecule has 0 bridgehead atoms. The molecule has 2 aromatic carbocycles. The summed E-state index contributed by atoms with van der Waals surface area (Å²) in [6.07, 6.45) is -4.29. The minimum Gasteiger partial charge on any atom is -0.378 e. The SMILES string of the molecule is Cc1cccc(NC(C)c2ccc(C(F)(F)F)cc2)c1C. The van der Waals surface area contributed by atoms with Gasteiger partial charge in [-0.05, 0) is 55.7 Å². The fourth-order valence-electron chi connectivity index (χ4n) is 2.18. The van der Waals surface area contributed by atoms with Crippen LogP contribution in [0, 0.1) is 13.8 Å². The average Bonchev–Trinajstić information content (AvgIpc) is 2.43. The Labute approximate surface area is 122 Å². The van der Waals surface area contributed by atoms with Crippen LogP contribution in [0.3, 0.4) is 0 Å². The molecular formula is C17H18F3N. The van der Waals surface area contributed by atoms with Crippen LogP contribution in [-0.2, 0) is 6.18 Å². The van der Waals surface area contributed by atoms with Crippen LogP contribution in [0.1, 0.15) is 35.2 Å². The van der Waals surface area contributed by atoms with Crippen molar-refractivity contribution in [2.45, 2.75) is 33.0 Å². The molecule has 1 atom stereocenters. The number of alkyl halides is 3. The average molecular weight is 293 g/mol. The summed E-state index contributed by atoms with van der Waals surface area (Å²) in [4.78, 5) is 0. The first kappa shape index (κ1) is 15.4. The fraction of sp³-hybridized carbons (Fsp3) is 0.294. The normalized spacial score (nSPS) is 13.0. The van der Waals surface area contributed by atoms with Crippen molar-refractivity contribution in [3.8, 4) is 0 Å². The van der Waals surface area contributed by atoms with Crippen molar-refractivity contribution in [2.75, 3.05) is 5.32 Å². The van der Waals surface area contributed by atoms with Crippen LogP contribution >= 0.6 is 0 Å². The first-order valence-corrected chi connectivity index (χ1v) is 6.79. The minimum atomic E-state index is -4.29. The summed E-state index contributed by atoms with van der Waals surface area (Å²) >= 11 is 0. The van der Waals surface area contributed by atoms with Gasteiger partial charge in [0.15, 0.2) is 0 Å². The predicted molar refractivity (Wildman–Crippen MR) is 79.4 cm³/mol. The van der Waals surface area contributed by atoms with E-state index in [1.807, 2.05) is 39.0 Å². The van der Waals surface area contributed by atoms with E-state index in [2.05, 4.69) is 5.32 Å². The Bertz CT molecular complexity index is 615. The topological polar surface area (TPSA) is 12.0 Å². The quantitative estimate of drug-likeness (QED) is 0.788. The Hall–Kier alpha value is -1.97. The number of halogens is 3. The molecule has 112 valence electrons. The van der Waals surface area contributed by atoms with E-state index in [1.54, 1.807) is 0 Å².